The number of nitrogens with one attached hydrogen (secondary N) is 1. The van der Waals surface area contributed by atoms with Gasteiger partial charge in [-0.25, -0.2) is 4.98 Å². The third-order valence-corrected chi connectivity index (χ3v) is 7.01. The summed E-state index contributed by atoms with van der Waals surface area (Å²) < 4.78 is 2.17. The molecule has 0 spiro atoms. The molecule has 1 aromatic heterocycles. The molecule has 0 aliphatic carbocycles. The second-order valence-corrected chi connectivity index (χ2v) is 11.6. The third kappa shape index (κ3) is 8.65. The molecule has 1 heterocycles. The predicted molar refractivity (Wildman–Crippen MR) is 162 cm³/mol. The first kappa shape index (κ1) is 30.4. The molecule has 2 aromatic carbocycles. The molecule has 0 aliphatic heterocycles. The number of nitrogens with zero attached hydrogens (tertiary/aromatic N) is 4. The third-order valence-electron chi connectivity index (χ3n) is 7.01. The molecule has 3 rings (SSSR count). The van der Waals surface area contributed by atoms with Crippen LogP contribution in [0.1, 0.15) is 81.0 Å². The van der Waals surface area contributed by atoms with E-state index < -0.39 is 0 Å². The van der Waals surface area contributed by atoms with Crippen LogP contribution in [-0.2, 0) is 6.54 Å². The number of aromatic nitrogens is 2. The fourth-order valence-electron chi connectivity index (χ4n) is 4.52. The van der Waals surface area contributed by atoms with Crippen molar-refractivity contribution in [1.82, 2.24) is 19.4 Å². The average molecular weight is 534 g/mol. The van der Waals surface area contributed by atoms with Crippen molar-refractivity contribution in [3.05, 3.63) is 53.6 Å². The maximum atomic E-state index is 13.7. The molecule has 1 N–H and O–H groups in total. The van der Waals surface area contributed by atoms with Crippen molar-refractivity contribution in [3.63, 3.8) is 0 Å². The van der Waals surface area contributed by atoms with Crippen LogP contribution in [0.25, 0.3) is 11.0 Å². The molecule has 0 unspecified atom stereocenters. The zero-order valence-corrected chi connectivity index (χ0v) is 25.0. The fourth-order valence-corrected chi connectivity index (χ4v) is 4.52. The minimum absolute atomic E-state index is 0.0879. The number of aryl methyl sites for hydroxylation is 1. The normalized spacial score (nSPS) is 11.6. The van der Waals surface area contributed by atoms with Gasteiger partial charge in [-0.3, -0.25) is 9.59 Å². The molecule has 212 valence electrons. The highest BCUT2D eigenvalue weighted by Gasteiger charge is 2.19. The van der Waals surface area contributed by atoms with Crippen molar-refractivity contribution in [2.24, 2.45) is 11.8 Å². The first-order valence-corrected chi connectivity index (χ1v) is 14.4. The van der Waals surface area contributed by atoms with E-state index in [0.717, 1.165) is 68.1 Å². The molecule has 0 fully saturated rings. The summed E-state index contributed by atoms with van der Waals surface area (Å²) in [6.45, 7) is 13.9. The first-order chi connectivity index (χ1) is 18.6. The smallest absolute Gasteiger partial charge is 0.253 e. The van der Waals surface area contributed by atoms with Crippen LogP contribution in [0.4, 0.5) is 11.6 Å². The standard InChI is InChI=1S/C32H47N5O2/c1-8-30(38)25-10-13-27(14-11-25)33-32-34-28-15-12-26(22-29(28)37(32)19-9-18-35(6)7)31(39)36(20-16-23(2)3)21-17-24(4)5/h10-15,22-24H,8-9,16-21H2,1-7H3,(H,33,34). The Hall–Kier alpha value is -3.19. The van der Waals surface area contributed by atoms with Crippen LogP contribution in [0.2, 0.25) is 0 Å². The van der Waals surface area contributed by atoms with Gasteiger partial charge < -0.3 is 19.7 Å². The summed E-state index contributed by atoms with van der Waals surface area (Å²) in [6.07, 6.45) is 3.42. The highest BCUT2D eigenvalue weighted by Crippen LogP contribution is 2.26. The predicted octanol–water partition coefficient (Wildman–Crippen LogP) is 6.86. The number of fused-ring (bicyclic) bond motifs is 1. The molecule has 0 saturated heterocycles. The second-order valence-electron chi connectivity index (χ2n) is 11.6. The number of benzene rings is 2. The summed E-state index contributed by atoms with van der Waals surface area (Å²) >= 11 is 0. The topological polar surface area (TPSA) is 70.5 Å². The van der Waals surface area contributed by atoms with Crippen LogP contribution in [0.15, 0.2) is 42.5 Å². The van der Waals surface area contributed by atoms with E-state index in [0.29, 0.717) is 29.4 Å². The van der Waals surface area contributed by atoms with Crippen molar-refractivity contribution in [1.29, 1.82) is 0 Å². The van der Waals surface area contributed by atoms with E-state index in [1.807, 2.05) is 54.3 Å². The Morgan fingerprint density at radius 1 is 0.897 bits per heavy atom. The quantitative estimate of drug-likeness (QED) is 0.216. The summed E-state index contributed by atoms with van der Waals surface area (Å²) in [5.41, 5.74) is 4.10. The van der Waals surface area contributed by atoms with Gasteiger partial charge in [-0.2, -0.15) is 0 Å². The number of hydrogen-bond donors (Lipinski definition) is 1. The molecule has 0 atom stereocenters. The Bertz CT molecular complexity index is 1220. The molecule has 3 aromatic rings. The molecule has 7 nitrogen and oxygen atoms in total. The average Bonchev–Trinajstić information content (AvgIpc) is 3.23. The van der Waals surface area contributed by atoms with Crippen molar-refractivity contribution in [3.8, 4) is 0 Å². The number of hydrogen-bond acceptors (Lipinski definition) is 5. The summed E-state index contributed by atoms with van der Waals surface area (Å²) in [5, 5.41) is 3.45. The molecule has 0 saturated carbocycles. The van der Waals surface area contributed by atoms with E-state index in [9.17, 15) is 9.59 Å². The summed E-state index contributed by atoms with van der Waals surface area (Å²) in [5.74, 6) is 2.04. The second kappa shape index (κ2) is 14.3. The van der Waals surface area contributed by atoms with Gasteiger partial charge in [0.05, 0.1) is 11.0 Å². The van der Waals surface area contributed by atoms with Crippen molar-refractivity contribution < 1.29 is 9.59 Å². The monoisotopic (exact) mass is 533 g/mol. The summed E-state index contributed by atoms with van der Waals surface area (Å²) in [4.78, 5) is 34.8. The summed E-state index contributed by atoms with van der Waals surface area (Å²) in [6, 6.07) is 13.4. The molecule has 1 amide bonds. The van der Waals surface area contributed by atoms with Crippen LogP contribution < -0.4 is 5.32 Å². The van der Waals surface area contributed by atoms with E-state index >= 15 is 0 Å². The first-order valence-electron chi connectivity index (χ1n) is 14.4. The SMILES string of the molecule is CCC(=O)c1ccc(Nc2nc3ccc(C(=O)N(CCC(C)C)CCC(C)C)cc3n2CCCN(C)C)cc1. The fraction of sp³-hybridized carbons (Fsp3) is 0.531. The van der Waals surface area contributed by atoms with Gasteiger partial charge >= 0.3 is 0 Å². The zero-order valence-electron chi connectivity index (χ0n) is 25.0. The van der Waals surface area contributed by atoms with Gasteiger partial charge in [0.15, 0.2) is 5.78 Å². The minimum atomic E-state index is 0.0879. The van der Waals surface area contributed by atoms with Gasteiger partial charge in [0.1, 0.15) is 0 Å². The summed E-state index contributed by atoms with van der Waals surface area (Å²) in [7, 11) is 4.15. The lowest BCUT2D eigenvalue weighted by Gasteiger charge is -2.24. The highest BCUT2D eigenvalue weighted by molar-refractivity contribution is 5.98. The molecular formula is C32H47N5O2. The van der Waals surface area contributed by atoms with Gasteiger partial charge in [0.2, 0.25) is 5.95 Å². The Kier molecular flexibility index (Phi) is 11.1. The maximum Gasteiger partial charge on any atom is 0.253 e. The number of rotatable bonds is 15. The highest BCUT2D eigenvalue weighted by atomic mass is 16.2. The number of carbonyl (C=O) groups excluding carboxylic acids is 2. The van der Waals surface area contributed by atoms with E-state index in [-0.39, 0.29) is 11.7 Å². The van der Waals surface area contributed by atoms with Gasteiger partial charge in [0, 0.05) is 42.9 Å². The van der Waals surface area contributed by atoms with Gasteiger partial charge in [0.25, 0.3) is 5.91 Å². The zero-order chi connectivity index (χ0) is 28.5. The van der Waals surface area contributed by atoms with E-state index in [2.05, 4.69) is 56.6 Å². The number of ketones is 1. The molecule has 0 radical (unpaired) electrons. The van der Waals surface area contributed by atoms with Crippen molar-refractivity contribution in [2.45, 2.75) is 66.8 Å². The molecule has 7 heteroatoms. The van der Waals surface area contributed by atoms with Crippen LogP contribution in [0.3, 0.4) is 0 Å². The molecular weight excluding hydrogens is 486 g/mol. The minimum Gasteiger partial charge on any atom is -0.339 e. The number of amides is 1. The van der Waals surface area contributed by atoms with Gasteiger partial charge in [-0.1, -0.05) is 34.6 Å². The van der Waals surface area contributed by atoms with Gasteiger partial charge in [-0.05, 0) is 94.2 Å². The van der Waals surface area contributed by atoms with Gasteiger partial charge in [-0.15, -0.1) is 0 Å². The Morgan fingerprint density at radius 3 is 2.08 bits per heavy atom. The van der Waals surface area contributed by atoms with Crippen LogP contribution >= 0.6 is 0 Å². The Balaban J connectivity index is 1.94. The molecule has 0 bridgehead atoms. The maximum absolute atomic E-state index is 13.7. The Labute approximate surface area is 234 Å². The number of anilines is 2. The van der Waals surface area contributed by atoms with E-state index in [1.165, 1.54) is 0 Å². The van der Waals surface area contributed by atoms with Crippen molar-refractivity contribution >= 4 is 34.4 Å². The van der Waals surface area contributed by atoms with Crippen LogP contribution in [-0.4, -0.2) is 64.8 Å². The van der Waals surface area contributed by atoms with Crippen LogP contribution in [0.5, 0.6) is 0 Å². The lowest BCUT2D eigenvalue weighted by Crippen LogP contribution is -2.34. The number of imidazole rings is 1. The largest absolute Gasteiger partial charge is 0.339 e. The van der Waals surface area contributed by atoms with Crippen molar-refractivity contribution in [2.75, 3.05) is 39.0 Å². The molecule has 0 aliphatic rings. The van der Waals surface area contributed by atoms with E-state index in [4.69, 9.17) is 4.98 Å². The Morgan fingerprint density at radius 2 is 1.51 bits per heavy atom. The number of carbonyl (C=O) groups is 2. The lowest BCUT2D eigenvalue weighted by atomic mass is 10.1. The lowest BCUT2D eigenvalue weighted by molar-refractivity contribution is 0.0740. The van der Waals surface area contributed by atoms with E-state index in [1.54, 1.807) is 0 Å². The van der Waals surface area contributed by atoms with Crippen LogP contribution in [0, 0.1) is 11.8 Å². The molecule has 39 heavy (non-hydrogen) atoms. The number of Topliss-reactive ketones (excluding diaryl/α,β-unsaturated/α-hetero) is 1.